The lowest BCUT2D eigenvalue weighted by Gasteiger charge is -2.11. The molecule has 2 rings (SSSR count). The number of benzene rings is 1. The SMILES string of the molecule is COC(=O)c1cc[nH]c(=O)c1-c1cccc(OC(F)(F)F)c1. The van der Waals surface area contributed by atoms with Crippen LogP contribution in [0.4, 0.5) is 13.2 Å². The fourth-order valence-electron chi connectivity index (χ4n) is 1.89. The molecule has 1 aromatic heterocycles. The Morgan fingerprint density at radius 2 is 1.95 bits per heavy atom. The molecule has 0 unspecified atom stereocenters. The molecular weight excluding hydrogens is 303 g/mol. The van der Waals surface area contributed by atoms with Gasteiger partial charge in [-0.2, -0.15) is 0 Å². The predicted molar refractivity (Wildman–Crippen MR) is 70.5 cm³/mol. The van der Waals surface area contributed by atoms with Gasteiger partial charge in [0.25, 0.3) is 5.56 Å². The zero-order chi connectivity index (χ0) is 16.3. The number of ether oxygens (including phenoxy) is 2. The van der Waals surface area contributed by atoms with Crippen LogP contribution in [0.25, 0.3) is 11.1 Å². The Kier molecular flexibility index (Phi) is 4.20. The summed E-state index contributed by atoms with van der Waals surface area (Å²) < 4.78 is 45.1. The molecule has 22 heavy (non-hydrogen) atoms. The Morgan fingerprint density at radius 3 is 2.59 bits per heavy atom. The lowest BCUT2D eigenvalue weighted by atomic mass is 10.0. The Balaban J connectivity index is 2.55. The van der Waals surface area contributed by atoms with Gasteiger partial charge in [-0.15, -0.1) is 13.2 Å². The molecular formula is C14H10F3NO4. The van der Waals surface area contributed by atoms with Gasteiger partial charge < -0.3 is 14.5 Å². The maximum atomic E-state index is 12.3. The highest BCUT2D eigenvalue weighted by Crippen LogP contribution is 2.28. The fraction of sp³-hybridized carbons (Fsp3) is 0.143. The first-order valence-electron chi connectivity index (χ1n) is 5.98. The highest BCUT2D eigenvalue weighted by Gasteiger charge is 2.31. The van der Waals surface area contributed by atoms with Crippen LogP contribution in [0, 0.1) is 0 Å². The Labute approximate surface area is 122 Å². The summed E-state index contributed by atoms with van der Waals surface area (Å²) in [6.07, 6.45) is -3.61. The van der Waals surface area contributed by atoms with E-state index in [1.165, 1.54) is 24.4 Å². The Morgan fingerprint density at radius 1 is 1.23 bits per heavy atom. The zero-order valence-electron chi connectivity index (χ0n) is 11.2. The van der Waals surface area contributed by atoms with E-state index in [-0.39, 0.29) is 16.7 Å². The average Bonchev–Trinajstić information content (AvgIpc) is 2.44. The predicted octanol–water partition coefficient (Wildman–Crippen LogP) is 2.73. The van der Waals surface area contributed by atoms with E-state index >= 15 is 0 Å². The van der Waals surface area contributed by atoms with Crippen LogP contribution in [0.1, 0.15) is 10.4 Å². The van der Waals surface area contributed by atoms with Gasteiger partial charge in [-0.05, 0) is 23.8 Å². The minimum Gasteiger partial charge on any atom is -0.465 e. The molecule has 0 amide bonds. The maximum absolute atomic E-state index is 12.3. The van der Waals surface area contributed by atoms with Crippen LogP contribution in [-0.2, 0) is 4.74 Å². The Bertz CT molecular complexity index is 752. The van der Waals surface area contributed by atoms with E-state index in [1.807, 2.05) is 0 Å². The van der Waals surface area contributed by atoms with Crippen molar-refractivity contribution in [2.45, 2.75) is 6.36 Å². The molecule has 1 N–H and O–H groups in total. The average molecular weight is 313 g/mol. The molecule has 0 bridgehead atoms. The monoisotopic (exact) mass is 313 g/mol. The number of alkyl halides is 3. The highest BCUT2D eigenvalue weighted by molar-refractivity contribution is 5.96. The van der Waals surface area contributed by atoms with E-state index in [4.69, 9.17) is 0 Å². The van der Waals surface area contributed by atoms with Crippen molar-refractivity contribution in [2.24, 2.45) is 0 Å². The number of esters is 1. The third kappa shape index (κ3) is 3.46. The lowest BCUT2D eigenvalue weighted by Crippen LogP contribution is -2.18. The smallest absolute Gasteiger partial charge is 0.465 e. The van der Waals surface area contributed by atoms with Crippen molar-refractivity contribution in [1.29, 1.82) is 0 Å². The number of aromatic amines is 1. The summed E-state index contributed by atoms with van der Waals surface area (Å²) in [5.74, 6) is -1.27. The molecule has 0 atom stereocenters. The van der Waals surface area contributed by atoms with Crippen molar-refractivity contribution in [1.82, 2.24) is 4.98 Å². The highest BCUT2D eigenvalue weighted by atomic mass is 19.4. The number of carbonyl (C=O) groups excluding carboxylic acids is 1. The number of pyridine rings is 1. The number of methoxy groups -OCH3 is 1. The molecule has 0 radical (unpaired) electrons. The van der Waals surface area contributed by atoms with Crippen LogP contribution in [-0.4, -0.2) is 24.4 Å². The number of aromatic nitrogens is 1. The molecule has 2 aromatic rings. The summed E-state index contributed by atoms with van der Waals surface area (Å²) in [4.78, 5) is 26.0. The molecule has 5 nitrogen and oxygen atoms in total. The van der Waals surface area contributed by atoms with Gasteiger partial charge in [-0.25, -0.2) is 4.79 Å². The van der Waals surface area contributed by atoms with Gasteiger partial charge in [0.05, 0.1) is 18.2 Å². The van der Waals surface area contributed by atoms with Crippen LogP contribution in [0.5, 0.6) is 5.75 Å². The molecule has 0 aliphatic rings. The second-order valence-corrected chi connectivity index (χ2v) is 4.16. The molecule has 0 fully saturated rings. The topological polar surface area (TPSA) is 68.4 Å². The molecule has 0 spiro atoms. The summed E-state index contributed by atoms with van der Waals surface area (Å²) in [6.45, 7) is 0. The second-order valence-electron chi connectivity index (χ2n) is 4.16. The molecule has 1 heterocycles. The quantitative estimate of drug-likeness (QED) is 0.885. The van der Waals surface area contributed by atoms with Crippen molar-refractivity contribution in [3.63, 3.8) is 0 Å². The van der Waals surface area contributed by atoms with Crippen molar-refractivity contribution in [2.75, 3.05) is 7.11 Å². The largest absolute Gasteiger partial charge is 0.573 e. The number of H-pyrrole nitrogens is 1. The van der Waals surface area contributed by atoms with Crippen LogP contribution >= 0.6 is 0 Å². The van der Waals surface area contributed by atoms with E-state index in [9.17, 15) is 22.8 Å². The van der Waals surface area contributed by atoms with Crippen molar-refractivity contribution in [3.8, 4) is 16.9 Å². The van der Waals surface area contributed by atoms with Crippen LogP contribution in [0.2, 0.25) is 0 Å². The minimum atomic E-state index is -4.85. The van der Waals surface area contributed by atoms with Gasteiger partial charge in [-0.1, -0.05) is 12.1 Å². The third-order valence-electron chi connectivity index (χ3n) is 2.72. The first-order valence-corrected chi connectivity index (χ1v) is 5.98. The normalized spacial score (nSPS) is 11.1. The first-order chi connectivity index (χ1) is 10.3. The summed E-state index contributed by atoms with van der Waals surface area (Å²) in [7, 11) is 1.14. The summed E-state index contributed by atoms with van der Waals surface area (Å²) >= 11 is 0. The van der Waals surface area contributed by atoms with Gasteiger partial charge >= 0.3 is 12.3 Å². The molecule has 0 aliphatic carbocycles. The van der Waals surface area contributed by atoms with Gasteiger partial charge in [0.15, 0.2) is 0 Å². The first kappa shape index (κ1) is 15.6. The summed E-state index contributed by atoms with van der Waals surface area (Å²) in [5.41, 5.74) is -0.687. The summed E-state index contributed by atoms with van der Waals surface area (Å²) in [6, 6.07) is 6.08. The molecule has 0 saturated carbocycles. The van der Waals surface area contributed by atoms with Crippen LogP contribution < -0.4 is 10.3 Å². The number of carbonyl (C=O) groups is 1. The van der Waals surface area contributed by atoms with E-state index < -0.39 is 23.6 Å². The molecule has 116 valence electrons. The minimum absolute atomic E-state index is 0.0598. The number of hydrogen-bond donors (Lipinski definition) is 1. The van der Waals surface area contributed by atoms with Crippen molar-refractivity contribution >= 4 is 5.97 Å². The lowest BCUT2D eigenvalue weighted by molar-refractivity contribution is -0.274. The summed E-state index contributed by atoms with van der Waals surface area (Å²) in [5, 5.41) is 0. The van der Waals surface area contributed by atoms with Gasteiger partial charge in [0.2, 0.25) is 0 Å². The number of halogens is 3. The van der Waals surface area contributed by atoms with E-state index in [1.54, 1.807) is 0 Å². The van der Waals surface area contributed by atoms with Gasteiger partial charge in [0, 0.05) is 6.20 Å². The number of nitrogens with one attached hydrogen (secondary N) is 1. The van der Waals surface area contributed by atoms with E-state index in [0.29, 0.717) is 0 Å². The Hall–Kier alpha value is -2.77. The maximum Gasteiger partial charge on any atom is 0.573 e. The third-order valence-corrected chi connectivity index (χ3v) is 2.72. The van der Waals surface area contributed by atoms with E-state index in [2.05, 4.69) is 14.5 Å². The molecule has 8 heteroatoms. The molecule has 0 saturated heterocycles. The van der Waals surface area contributed by atoms with Crippen LogP contribution in [0.3, 0.4) is 0 Å². The van der Waals surface area contributed by atoms with Gasteiger partial charge in [-0.3, -0.25) is 4.79 Å². The zero-order valence-corrected chi connectivity index (χ0v) is 11.2. The van der Waals surface area contributed by atoms with Gasteiger partial charge in [0.1, 0.15) is 5.75 Å². The number of rotatable bonds is 3. The second kappa shape index (κ2) is 5.92. The van der Waals surface area contributed by atoms with Crippen molar-refractivity contribution in [3.05, 3.63) is 52.4 Å². The number of hydrogen-bond acceptors (Lipinski definition) is 4. The van der Waals surface area contributed by atoms with Crippen molar-refractivity contribution < 1.29 is 27.4 Å². The molecule has 0 aliphatic heterocycles. The fourth-order valence-corrected chi connectivity index (χ4v) is 1.89. The van der Waals surface area contributed by atoms with E-state index in [0.717, 1.165) is 19.2 Å². The molecule has 1 aromatic carbocycles. The standard InChI is InChI=1S/C14H10F3NO4/c1-21-13(20)10-5-6-18-12(19)11(10)8-3-2-4-9(7-8)22-14(15,16)17/h2-7H,1H3,(H,18,19). The van der Waals surface area contributed by atoms with Crippen LogP contribution in [0.15, 0.2) is 41.3 Å².